The molecule has 0 aliphatic heterocycles. The molecule has 0 fully saturated rings. The third-order valence-corrected chi connectivity index (χ3v) is 6.65. The van der Waals surface area contributed by atoms with Gasteiger partial charge in [0.15, 0.2) is 0 Å². The zero-order valence-corrected chi connectivity index (χ0v) is 19.3. The van der Waals surface area contributed by atoms with Crippen molar-refractivity contribution in [1.82, 2.24) is 5.32 Å². The Hall–Kier alpha value is -3.32. The van der Waals surface area contributed by atoms with Crippen LogP contribution in [-0.2, 0) is 16.4 Å². The van der Waals surface area contributed by atoms with E-state index in [1.54, 1.807) is 49.6 Å². The third kappa shape index (κ3) is 6.11. The van der Waals surface area contributed by atoms with Crippen LogP contribution in [0.4, 0.5) is 5.69 Å². The average Bonchev–Trinajstić information content (AvgIpc) is 2.79. The van der Waals surface area contributed by atoms with E-state index in [1.807, 2.05) is 38.1 Å². The summed E-state index contributed by atoms with van der Waals surface area (Å²) in [6.07, 6.45) is 1.66. The number of carbonyl (C=O) groups is 1. The molecule has 1 amide bonds. The van der Waals surface area contributed by atoms with Crippen LogP contribution in [-0.4, -0.2) is 28.0 Å². The van der Waals surface area contributed by atoms with Gasteiger partial charge in [-0.05, 0) is 91.9 Å². The van der Waals surface area contributed by atoms with Crippen molar-refractivity contribution in [3.8, 4) is 5.75 Å². The van der Waals surface area contributed by atoms with Gasteiger partial charge in [-0.15, -0.1) is 0 Å². The number of aryl methyl sites for hydroxylation is 3. The molecule has 0 saturated heterocycles. The van der Waals surface area contributed by atoms with E-state index in [-0.39, 0.29) is 10.8 Å². The first-order chi connectivity index (χ1) is 15.3. The van der Waals surface area contributed by atoms with E-state index in [0.29, 0.717) is 17.8 Å². The molecule has 3 aromatic carbocycles. The Morgan fingerprint density at radius 1 is 0.906 bits per heavy atom. The molecule has 0 radical (unpaired) electrons. The molecule has 0 spiro atoms. The van der Waals surface area contributed by atoms with Crippen LogP contribution in [0.3, 0.4) is 0 Å². The van der Waals surface area contributed by atoms with Gasteiger partial charge in [0, 0.05) is 17.8 Å². The third-order valence-electron chi connectivity index (χ3n) is 5.27. The zero-order valence-electron chi connectivity index (χ0n) is 18.5. The van der Waals surface area contributed by atoms with Gasteiger partial charge in [0.1, 0.15) is 5.75 Å². The highest BCUT2D eigenvalue weighted by molar-refractivity contribution is 7.92. The Kier molecular flexibility index (Phi) is 7.53. The lowest BCUT2D eigenvalue weighted by Crippen LogP contribution is -2.24. The van der Waals surface area contributed by atoms with Crippen LogP contribution in [0.25, 0.3) is 0 Å². The van der Waals surface area contributed by atoms with Crippen LogP contribution in [0.2, 0.25) is 0 Å². The topological polar surface area (TPSA) is 84.5 Å². The van der Waals surface area contributed by atoms with E-state index >= 15 is 0 Å². The average molecular weight is 453 g/mol. The van der Waals surface area contributed by atoms with E-state index in [2.05, 4.69) is 10.0 Å². The second-order valence-electron chi connectivity index (χ2n) is 7.64. The van der Waals surface area contributed by atoms with Crippen molar-refractivity contribution in [3.63, 3.8) is 0 Å². The summed E-state index contributed by atoms with van der Waals surface area (Å²) in [5, 5.41) is 2.89. The Morgan fingerprint density at radius 2 is 1.59 bits per heavy atom. The summed E-state index contributed by atoms with van der Waals surface area (Å²) in [7, 11) is -2.06. The number of rotatable bonds is 9. The predicted octanol–water partition coefficient (Wildman–Crippen LogP) is 4.48. The molecular weight excluding hydrogens is 424 g/mol. The fourth-order valence-corrected chi connectivity index (χ4v) is 4.32. The van der Waals surface area contributed by atoms with Crippen molar-refractivity contribution in [2.75, 3.05) is 18.4 Å². The Labute approximate surface area is 189 Å². The lowest BCUT2D eigenvalue weighted by atomic mass is 10.1. The van der Waals surface area contributed by atoms with E-state index in [4.69, 9.17) is 4.74 Å². The number of benzene rings is 3. The summed E-state index contributed by atoms with van der Waals surface area (Å²) in [6, 6.07) is 19.3. The largest absolute Gasteiger partial charge is 0.497 e. The minimum absolute atomic E-state index is 0.191. The highest BCUT2D eigenvalue weighted by Crippen LogP contribution is 2.19. The molecule has 2 N–H and O–H groups in total. The summed E-state index contributed by atoms with van der Waals surface area (Å²) < 4.78 is 32.9. The van der Waals surface area contributed by atoms with Crippen molar-refractivity contribution < 1.29 is 17.9 Å². The van der Waals surface area contributed by atoms with Crippen LogP contribution < -0.4 is 14.8 Å². The van der Waals surface area contributed by atoms with Gasteiger partial charge in [0.25, 0.3) is 15.9 Å². The molecule has 0 heterocycles. The second kappa shape index (κ2) is 10.3. The first-order valence-electron chi connectivity index (χ1n) is 10.4. The van der Waals surface area contributed by atoms with Gasteiger partial charge in [0.05, 0.1) is 12.0 Å². The Balaban J connectivity index is 1.51. The summed E-state index contributed by atoms with van der Waals surface area (Å²) in [4.78, 5) is 12.6. The number of hydrogen-bond acceptors (Lipinski definition) is 4. The quantitative estimate of drug-likeness (QED) is 0.469. The van der Waals surface area contributed by atoms with E-state index in [1.165, 1.54) is 5.56 Å². The molecule has 0 atom stereocenters. The van der Waals surface area contributed by atoms with Crippen LogP contribution in [0.5, 0.6) is 5.75 Å². The molecule has 0 bridgehead atoms. The van der Waals surface area contributed by atoms with E-state index < -0.39 is 10.0 Å². The normalized spacial score (nSPS) is 11.1. The molecule has 7 heteroatoms. The zero-order chi connectivity index (χ0) is 23.1. The molecule has 6 nitrogen and oxygen atoms in total. The Morgan fingerprint density at radius 3 is 2.22 bits per heavy atom. The maximum Gasteiger partial charge on any atom is 0.261 e. The van der Waals surface area contributed by atoms with E-state index in [0.717, 1.165) is 29.7 Å². The molecule has 3 rings (SSSR count). The lowest BCUT2D eigenvalue weighted by Gasteiger charge is -2.11. The molecule has 0 aliphatic carbocycles. The Bertz CT molecular complexity index is 1170. The fraction of sp³-hybridized carbons (Fsp3) is 0.240. The number of anilines is 1. The first kappa shape index (κ1) is 23.3. The van der Waals surface area contributed by atoms with Gasteiger partial charge >= 0.3 is 0 Å². The van der Waals surface area contributed by atoms with E-state index in [9.17, 15) is 13.2 Å². The highest BCUT2D eigenvalue weighted by Gasteiger charge is 2.15. The molecular formula is C25H28N2O4S. The first-order valence-corrected chi connectivity index (χ1v) is 11.9. The molecule has 3 aromatic rings. The van der Waals surface area contributed by atoms with Gasteiger partial charge < -0.3 is 10.1 Å². The summed E-state index contributed by atoms with van der Waals surface area (Å²) in [5.74, 6) is 0.630. The van der Waals surface area contributed by atoms with Gasteiger partial charge in [-0.3, -0.25) is 9.52 Å². The molecule has 0 aromatic heterocycles. The molecule has 0 aliphatic rings. The molecule has 0 saturated carbocycles. The van der Waals surface area contributed by atoms with Crippen LogP contribution in [0.15, 0.2) is 71.6 Å². The fourth-order valence-electron chi connectivity index (χ4n) is 3.17. The van der Waals surface area contributed by atoms with Gasteiger partial charge in [-0.25, -0.2) is 8.42 Å². The minimum Gasteiger partial charge on any atom is -0.497 e. The number of hydrogen-bond donors (Lipinski definition) is 2. The van der Waals surface area contributed by atoms with Crippen LogP contribution >= 0.6 is 0 Å². The van der Waals surface area contributed by atoms with Crippen molar-refractivity contribution in [1.29, 1.82) is 0 Å². The molecule has 0 unspecified atom stereocenters. The standard InChI is InChI=1S/C25H28N2O4S/c1-18-6-15-24(17-19(18)2)32(29,30)27-22-11-9-21(10-12-22)25(28)26-16-4-5-20-7-13-23(31-3)14-8-20/h6-15,17,27H,4-5,16H2,1-3H3,(H,26,28). The predicted molar refractivity (Wildman–Crippen MR) is 127 cm³/mol. The maximum atomic E-state index is 12.6. The number of methoxy groups -OCH3 is 1. The van der Waals surface area contributed by atoms with Crippen LogP contribution in [0.1, 0.15) is 33.5 Å². The van der Waals surface area contributed by atoms with Crippen LogP contribution in [0, 0.1) is 13.8 Å². The highest BCUT2D eigenvalue weighted by atomic mass is 32.2. The number of nitrogens with one attached hydrogen (secondary N) is 2. The van der Waals surface area contributed by atoms with Crippen molar-refractivity contribution in [3.05, 3.63) is 89.0 Å². The van der Waals surface area contributed by atoms with Gasteiger partial charge in [-0.2, -0.15) is 0 Å². The van der Waals surface area contributed by atoms with Crippen molar-refractivity contribution in [2.45, 2.75) is 31.6 Å². The van der Waals surface area contributed by atoms with Gasteiger partial charge in [-0.1, -0.05) is 18.2 Å². The van der Waals surface area contributed by atoms with Gasteiger partial charge in [0.2, 0.25) is 0 Å². The summed E-state index contributed by atoms with van der Waals surface area (Å²) >= 11 is 0. The molecule has 168 valence electrons. The number of carbonyl (C=O) groups excluding carboxylic acids is 1. The SMILES string of the molecule is COc1ccc(CCCNC(=O)c2ccc(NS(=O)(=O)c3ccc(C)c(C)c3)cc2)cc1. The number of amides is 1. The lowest BCUT2D eigenvalue weighted by molar-refractivity contribution is 0.0953. The summed E-state index contributed by atoms with van der Waals surface area (Å²) in [6.45, 7) is 4.35. The second-order valence-corrected chi connectivity index (χ2v) is 9.32. The van der Waals surface area contributed by atoms with Crippen molar-refractivity contribution >= 4 is 21.6 Å². The minimum atomic E-state index is -3.69. The monoisotopic (exact) mass is 452 g/mol. The number of ether oxygens (including phenoxy) is 1. The summed E-state index contributed by atoms with van der Waals surface area (Å²) in [5.41, 5.74) is 4.00. The maximum absolute atomic E-state index is 12.6. The molecule has 32 heavy (non-hydrogen) atoms. The van der Waals surface area contributed by atoms with Crippen molar-refractivity contribution in [2.24, 2.45) is 0 Å². The smallest absolute Gasteiger partial charge is 0.261 e. The number of sulfonamides is 1.